The number of hydrogen-bond acceptors (Lipinski definition) is 4. The monoisotopic (exact) mass is 517 g/mol. The van der Waals surface area contributed by atoms with Crippen LogP contribution in [0.2, 0.25) is 0 Å². The van der Waals surface area contributed by atoms with Crippen LogP contribution in [0.15, 0.2) is 30.3 Å². The van der Waals surface area contributed by atoms with E-state index in [1.165, 1.54) is 13.2 Å². The van der Waals surface area contributed by atoms with Crippen LogP contribution in [0.25, 0.3) is 10.8 Å². The average molecular weight is 518 g/mol. The molecule has 37 heavy (non-hydrogen) atoms. The number of rotatable bonds is 5. The van der Waals surface area contributed by atoms with E-state index in [4.69, 9.17) is 9.47 Å². The highest BCUT2D eigenvalue weighted by molar-refractivity contribution is 5.89. The van der Waals surface area contributed by atoms with Crippen molar-refractivity contribution in [3.05, 3.63) is 41.5 Å². The largest absolute Gasteiger partial charge is 0.490 e. The van der Waals surface area contributed by atoms with Crippen LogP contribution in [0.4, 0.5) is 13.2 Å². The maximum atomic E-state index is 14.3. The molecule has 0 radical (unpaired) electrons. The van der Waals surface area contributed by atoms with Crippen molar-refractivity contribution >= 4 is 16.7 Å². The first-order valence-corrected chi connectivity index (χ1v) is 13.8. The third kappa shape index (κ3) is 5.34. The SMILES string of the molecule is COC(=O)C1CC2CCCC(C1)N2C(C)c1ccc2c(C(F)(F)F)c(O[C@H]3CC[C@@H](C)CC3)ccc2c1. The van der Waals surface area contributed by atoms with Gasteiger partial charge < -0.3 is 9.47 Å². The first-order valence-electron chi connectivity index (χ1n) is 13.8. The quantitative estimate of drug-likeness (QED) is 0.381. The van der Waals surface area contributed by atoms with Crippen molar-refractivity contribution in [1.29, 1.82) is 0 Å². The summed E-state index contributed by atoms with van der Waals surface area (Å²) in [6, 6.07) is 9.26. The Labute approximate surface area is 217 Å². The predicted molar refractivity (Wildman–Crippen MR) is 137 cm³/mol. The zero-order chi connectivity index (χ0) is 26.3. The van der Waals surface area contributed by atoms with Crippen molar-refractivity contribution in [3.63, 3.8) is 0 Å². The summed E-state index contributed by atoms with van der Waals surface area (Å²) in [4.78, 5) is 14.7. The summed E-state index contributed by atoms with van der Waals surface area (Å²) in [6.45, 7) is 4.32. The fourth-order valence-corrected chi connectivity index (χ4v) is 7.09. The minimum absolute atomic E-state index is 0.0489. The molecule has 2 saturated heterocycles. The van der Waals surface area contributed by atoms with Crippen molar-refractivity contribution in [2.45, 2.75) is 102 Å². The van der Waals surface area contributed by atoms with Gasteiger partial charge in [0.25, 0.3) is 0 Å². The van der Waals surface area contributed by atoms with Gasteiger partial charge in [-0.2, -0.15) is 13.2 Å². The zero-order valence-corrected chi connectivity index (χ0v) is 22.0. The molecule has 2 aromatic carbocycles. The van der Waals surface area contributed by atoms with Crippen molar-refractivity contribution < 1.29 is 27.4 Å². The molecule has 3 aliphatic rings. The molecule has 1 aliphatic carbocycles. The molecule has 0 N–H and O–H groups in total. The lowest BCUT2D eigenvalue weighted by atomic mass is 9.77. The molecule has 0 spiro atoms. The van der Waals surface area contributed by atoms with Gasteiger partial charge in [-0.15, -0.1) is 0 Å². The minimum Gasteiger partial charge on any atom is -0.490 e. The predicted octanol–water partition coefficient (Wildman–Crippen LogP) is 7.68. The summed E-state index contributed by atoms with van der Waals surface area (Å²) in [6.07, 6.45) is 3.64. The number of nitrogens with zero attached hydrogens (tertiary/aromatic N) is 1. The second-order valence-electron chi connectivity index (χ2n) is 11.5. The van der Waals surface area contributed by atoms with E-state index >= 15 is 0 Å². The number of alkyl halides is 3. The molecule has 202 valence electrons. The van der Waals surface area contributed by atoms with Crippen molar-refractivity contribution in [3.8, 4) is 5.75 Å². The third-order valence-corrected chi connectivity index (χ3v) is 9.04. The third-order valence-electron chi connectivity index (χ3n) is 9.04. The van der Waals surface area contributed by atoms with E-state index in [0.717, 1.165) is 63.4 Å². The van der Waals surface area contributed by atoms with Crippen LogP contribution >= 0.6 is 0 Å². The molecule has 4 nitrogen and oxygen atoms in total. The highest BCUT2D eigenvalue weighted by Gasteiger charge is 2.43. The second-order valence-corrected chi connectivity index (χ2v) is 11.5. The van der Waals surface area contributed by atoms with Gasteiger partial charge in [-0.25, -0.2) is 0 Å². The number of carbonyl (C=O) groups is 1. The van der Waals surface area contributed by atoms with E-state index in [2.05, 4.69) is 18.7 Å². The molecule has 3 atom stereocenters. The molecular formula is C30H38F3NO3. The van der Waals surface area contributed by atoms with Crippen molar-refractivity contribution in [1.82, 2.24) is 4.90 Å². The van der Waals surface area contributed by atoms with Crippen LogP contribution in [0.5, 0.6) is 5.75 Å². The van der Waals surface area contributed by atoms with Gasteiger partial charge in [0, 0.05) is 18.1 Å². The van der Waals surface area contributed by atoms with Gasteiger partial charge in [0.1, 0.15) is 11.3 Å². The normalized spacial score (nSPS) is 29.6. The summed E-state index contributed by atoms with van der Waals surface area (Å²) in [7, 11) is 1.45. The Kier molecular flexibility index (Phi) is 7.45. The smallest absolute Gasteiger partial charge is 0.420 e. The first-order chi connectivity index (χ1) is 17.7. The van der Waals surface area contributed by atoms with Gasteiger partial charge in [0.2, 0.25) is 0 Å². The Morgan fingerprint density at radius 2 is 1.68 bits per heavy atom. The molecule has 2 bridgehead atoms. The van der Waals surface area contributed by atoms with Crippen LogP contribution in [0.1, 0.15) is 88.8 Å². The second kappa shape index (κ2) is 10.5. The Bertz CT molecular complexity index is 1110. The van der Waals surface area contributed by atoms with Crippen molar-refractivity contribution in [2.24, 2.45) is 11.8 Å². The van der Waals surface area contributed by atoms with E-state index in [1.807, 2.05) is 12.1 Å². The number of methoxy groups -OCH3 is 1. The summed E-state index contributed by atoms with van der Waals surface area (Å²) in [5, 5.41) is 0.769. The lowest BCUT2D eigenvalue weighted by Crippen LogP contribution is -2.54. The van der Waals surface area contributed by atoms with Gasteiger partial charge in [0.15, 0.2) is 0 Å². The Balaban J connectivity index is 1.42. The highest BCUT2D eigenvalue weighted by atomic mass is 19.4. The summed E-state index contributed by atoms with van der Waals surface area (Å²) < 4.78 is 53.9. The number of esters is 1. The molecule has 2 aromatic rings. The van der Waals surface area contributed by atoms with E-state index in [9.17, 15) is 18.0 Å². The summed E-state index contributed by atoms with van der Waals surface area (Å²) in [5.74, 6) is 0.348. The molecule has 2 aliphatic heterocycles. The standard InChI is InChI=1S/C30H38F3NO3/c1-18-7-11-25(12-8-18)37-27-14-10-21-15-20(9-13-26(21)28(27)30(31,32)33)19(2)34-23-5-4-6-24(34)17-22(16-23)29(35)36-3/h9-10,13-15,18-19,22-25H,4-8,11-12,16-17H2,1-3H3/t18-,19?,22?,23?,24?,25+. The molecule has 5 rings (SSSR count). The van der Waals surface area contributed by atoms with E-state index < -0.39 is 11.7 Å². The molecule has 7 heteroatoms. The van der Waals surface area contributed by atoms with E-state index in [-0.39, 0.29) is 47.3 Å². The fraction of sp³-hybridized carbons (Fsp3) is 0.633. The van der Waals surface area contributed by atoms with Gasteiger partial charge in [-0.1, -0.05) is 31.5 Å². The number of carbonyl (C=O) groups excluding carboxylic acids is 1. The lowest BCUT2D eigenvalue weighted by Gasteiger charge is -2.51. The molecule has 1 saturated carbocycles. The maximum Gasteiger partial charge on any atom is 0.420 e. The maximum absolute atomic E-state index is 14.3. The van der Waals surface area contributed by atoms with Gasteiger partial charge >= 0.3 is 12.1 Å². The molecule has 2 heterocycles. The Hall–Kier alpha value is -2.28. The fourth-order valence-electron chi connectivity index (χ4n) is 7.09. The number of piperidine rings is 2. The first kappa shape index (κ1) is 26.3. The van der Waals surface area contributed by atoms with Crippen LogP contribution in [-0.4, -0.2) is 36.2 Å². The molecule has 0 aromatic heterocycles. The highest BCUT2D eigenvalue weighted by Crippen LogP contribution is 2.45. The molecular weight excluding hydrogens is 479 g/mol. The van der Waals surface area contributed by atoms with E-state index in [0.29, 0.717) is 11.3 Å². The van der Waals surface area contributed by atoms with E-state index in [1.54, 1.807) is 12.1 Å². The number of benzene rings is 2. The molecule has 3 unspecified atom stereocenters. The van der Waals surface area contributed by atoms with Crippen LogP contribution < -0.4 is 4.74 Å². The summed E-state index contributed by atoms with van der Waals surface area (Å²) >= 11 is 0. The molecule has 3 fully saturated rings. The van der Waals surface area contributed by atoms with Crippen LogP contribution in [-0.2, 0) is 15.7 Å². The number of fused-ring (bicyclic) bond motifs is 3. The average Bonchev–Trinajstić information content (AvgIpc) is 2.87. The Morgan fingerprint density at radius 1 is 1.00 bits per heavy atom. The van der Waals surface area contributed by atoms with Crippen LogP contribution in [0.3, 0.4) is 0 Å². The number of hydrogen-bond donors (Lipinski definition) is 0. The Morgan fingerprint density at radius 3 is 2.30 bits per heavy atom. The van der Waals surface area contributed by atoms with Gasteiger partial charge in [-0.05, 0) is 92.7 Å². The lowest BCUT2D eigenvalue weighted by molar-refractivity contribution is -0.150. The van der Waals surface area contributed by atoms with Gasteiger partial charge in [0.05, 0.1) is 19.1 Å². The zero-order valence-electron chi connectivity index (χ0n) is 22.0. The summed E-state index contributed by atoms with van der Waals surface area (Å²) in [5.41, 5.74) is 0.336. The number of ether oxygens (including phenoxy) is 2. The number of halogens is 3. The molecule has 0 amide bonds. The van der Waals surface area contributed by atoms with Crippen LogP contribution in [0, 0.1) is 11.8 Å². The van der Waals surface area contributed by atoms with Crippen molar-refractivity contribution in [2.75, 3.05) is 7.11 Å². The topological polar surface area (TPSA) is 38.8 Å². The minimum atomic E-state index is -4.50. The van der Waals surface area contributed by atoms with Gasteiger partial charge in [-0.3, -0.25) is 9.69 Å².